The fourth-order valence-corrected chi connectivity index (χ4v) is 2.23. The summed E-state index contributed by atoms with van der Waals surface area (Å²) in [5, 5.41) is 2.96. The van der Waals surface area contributed by atoms with Crippen molar-refractivity contribution < 1.29 is 14.3 Å². The number of rotatable bonds is 4. The summed E-state index contributed by atoms with van der Waals surface area (Å²) < 4.78 is 10.9. The lowest BCUT2D eigenvalue weighted by Gasteiger charge is -2.18. The molecule has 1 aromatic rings. The summed E-state index contributed by atoms with van der Waals surface area (Å²) in [4.78, 5) is 12.3. The third kappa shape index (κ3) is 2.98. The summed E-state index contributed by atoms with van der Waals surface area (Å²) in [7, 11) is 0. The first kappa shape index (κ1) is 13.7. The maximum absolute atomic E-state index is 12.3. The lowest BCUT2D eigenvalue weighted by Crippen LogP contribution is -2.39. The fraction of sp³-hybridized carbons (Fsp3) is 0.500. The van der Waals surface area contributed by atoms with Gasteiger partial charge in [0.1, 0.15) is 11.3 Å². The molecular formula is C14H20N2O3. The Labute approximate surface area is 113 Å². The predicted molar refractivity (Wildman–Crippen MR) is 73.3 cm³/mol. The highest BCUT2D eigenvalue weighted by Gasteiger charge is 2.27. The molecule has 1 amide bonds. The molecule has 2 atom stereocenters. The van der Waals surface area contributed by atoms with Crippen molar-refractivity contribution in [1.29, 1.82) is 0 Å². The molecule has 1 saturated heterocycles. The van der Waals surface area contributed by atoms with E-state index in [1.807, 2.05) is 13.8 Å². The molecule has 1 aliphatic rings. The Morgan fingerprint density at radius 2 is 2.37 bits per heavy atom. The quantitative estimate of drug-likeness (QED) is 0.810. The topological polar surface area (TPSA) is 73.6 Å². The second-order valence-corrected chi connectivity index (χ2v) is 4.60. The summed E-state index contributed by atoms with van der Waals surface area (Å²) in [6.45, 7) is 4.99. The van der Waals surface area contributed by atoms with Crippen molar-refractivity contribution in [1.82, 2.24) is 5.32 Å². The number of carbonyl (C=O) groups excluding carboxylic acids is 1. The first-order valence-corrected chi connectivity index (χ1v) is 6.57. The summed E-state index contributed by atoms with van der Waals surface area (Å²) in [6.07, 6.45) is 0.855. The van der Waals surface area contributed by atoms with E-state index < -0.39 is 0 Å². The minimum atomic E-state index is -0.205. The van der Waals surface area contributed by atoms with E-state index in [0.717, 1.165) is 6.42 Å². The minimum absolute atomic E-state index is 0.0292. The molecule has 5 heteroatoms. The Hall–Kier alpha value is -1.75. The summed E-state index contributed by atoms with van der Waals surface area (Å²) in [5.74, 6) is 0.315. The lowest BCUT2D eigenvalue weighted by molar-refractivity contribution is 0.0864. The summed E-state index contributed by atoms with van der Waals surface area (Å²) in [5.41, 5.74) is 6.72. The molecule has 19 heavy (non-hydrogen) atoms. The molecule has 3 N–H and O–H groups in total. The van der Waals surface area contributed by atoms with Gasteiger partial charge in [-0.25, -0.2) is 0 Å². The number of benzene rings is 1. The maximum atomic E-state index is 12.3. The third-order valence-electron chi connectivity index (χ3n) is 3.28. The van der Waals surface area contributed by atoms with E-state index in [1.54, 1.807) is 18.2 Å². The SMILES string of the molecule is CCOc1cccc(N)c1C(=O)NC1CCOC1C. The van der Waals surface area contributed by atoms with Crippen LogP contribution in [0.5, 0.6) is 5.75 Å². The molecule has 1 fully saturated rings. The molecule has 1 aromatic carbocycles. The van der Waals surface area contributed by atoms with Crippen molar-refractivity contribution in [2.75, 3.05) is 18.9 Å². The monoisotopic (exact) mass is 264 g/mol. The molecule has 0 bridgehead atoms. The third-order valence-corrected chi connectivity index (χ3v) is 3.28. The van der Waals surface area contributed by atoms with Crippen LogP contribution in [0.4, 0.5) is 5.69 Å². The van der Waals surface area contributed by atoms with Crippen LogP contribution >= 0.6 is 0 Å². The number of anilines is 1. The average molecular weight is 264 g/mol. The van der Waals surface area contributed by atoms with Gasteiger partial charge in [0.15, 0.2) is 0 Å². The number of hydrogen-bond acceptors (Lipinski definition) is 4. The maximum Gasteiger partial charge on any atom is 0.257 e. The second-order valence-electron chi connectivity index (χ2n) is 4.60. The van der Waals surface area contributed by atoms with Crippen LogP contribution < -0.4 is 15.8 Å². The number of nitrogens with one attached hydrogen (secondary N) is 1. The van der Waals surface area contributed by atoms with Gasteiger partial charge in [0.05, 0.1) is 18.8 Å². The van der Waals surface area contributed by atoms with Gasteiger partial charge < -0.3 is 20.5 Å². The molecule has 2 rings (SSSR count). The van der Waals surface area contributed by atoms with E-state index in [9.17, 15) is 4.79 Å². The van der Waals surface area contributed by atoms with Crippen LogP contribution in [0.1, 0.15) is 30.6 Å². The zero-order valence-electron chi connectivity index (χ0n) is 11.3. The van der Waals surface area contributed by atoms with Gasteiger partial charge in [-0.2, -0.15) is 0 Å². The van der Waals surface area contributed by atoms with Gasteiger partial charge in [0, 0.05) is 12.3 Å². The Morgan fingerprint density at radius 3 is 3.00 bits per heavy atom. The van der Waals surface area contributed by atoms with Gasteiger partial charge in [-0.3, -0.25) is 4.79 Å². The molecule has 104 valence electrons. The molecule has 0 radical (unpaired) electrons. The molecule has 1 aliphatic heterocycles. The number of nitrogen functional groups attached to an aromatic ring is 1. The van der Waals surface area contributed by atoms with E-state index in [4.69, 9.17) is 15.2 Å². The average Bonchev–Trinajstić information content (AvgIpc) is 2.75. The number of carbonyl (C=O) groups is 1. The molecule has 0 aliphatic carbocycles. The molecule has 5 nitrogen and oxygen atoms in total. The van der Waals surface area contributed by atoms with Crippen molar-refractivity contribution in [2.45, 2.75) is 32.4 Å². The lowest BCUT2D eigenvalue weighted by atomic mass is 10.1. The largest absolute Gasteiger partial charge is 0.493 e. The van der Waals surface area contributed by atoms with Crippen LogP contribution in [-0.4, -0.2) is 31.3 Å². The van der Waals surface area contributed by atoms with E-state index in [0.29, 0.717) is 30.2 Å². The Morgan fingerprint density at radius 1 is 1.58 bits per heavy atom. The van der Waals surface area contributed by atoms with Gasteiger partial charge in [-0.15, -0.1) is 0 Å². The number of hydrogen-bond donors (Lipinski definition) is 2. The van der Waals surface area contributed by atoms with Gasteiger partial charge in [-0.05, 0) is 32.4 Å². The number of ether oxygens (including phenoxy) is 2. The first-order chi connectivity index (χ1) is 9.13. The van der Waals surface area contributed by atoms with Gasteiger partial charge in [-0.1, -0.05) is 6.07 Å². The molecule has 2 unspecified atom stereocenters. The van der Waals surface area contributed by atoms with Crippen LogP contribution in [0, 0.1) is 0 Å². The van der Waals surface area contributed by atoms with Gasteiger partial charge >= 0.3 is 0 Å². The van der Waals surface area contributed by atoms with Gasteiger partial charge in [0.25, 0.3) is 5.91 Å². The van der Waals surface area contributed by atoms with Crippen LogP contribution in [0.25, 0.3) is 0 Å². The van der Waals surface area contributed by atoms with Crippen molar-refractivity contribution in [3.8, 4) is 5.75 Å². The summed E-state index contributed by atoms with van der Waals surface area (Å²) >= 11 is 0. The number of amides is 1. The molecule has 1 heterocycles. The smallest absolute Gasteiger partial charge is 0.257 e. The zero-order chi connectivity index (χ0) is 13.8. The van der Waals surface area contributed by atoms with Crippen LogP contribution in [-0.2, 0) is 4.74 Å². The van der Waals surface area contributed by atoms with Crippen LogP contribution in [0.2, 0.25) is 0 Å². The molecule has 0 aromatic heterocycles. The summed E-state index contributed by atoms with van der Waals surface area (Å²) in [6, 6.07) is 5.26. The van der Waals surface area contributed by atoms with Crippen molar-refractivity contribution >= 4 is 11.6 Å². The predicted octanol–water partition coefficient (Wildman–Crippen LogP) is 1.57. The minimum Gasteiger partial charge on any atom is -0.493 e. The highest BCUT2D eigenvalue weighted by molar-refractivity contribution is 6.02. The van der Waals surface area contributed by atoms with E-state index in [-0.39, 0.29) is 18.1 Å². The van der Waals surface area contributed by atoms with E-state index >= 15 is 0 Å². The van der Waals surface area contributed by atoms with Crippen LogP contribution in [0.15, 0.2) is 18.2 Å². The van der Waals surface area contributed by atoms with Crippen molar-refractivity contribution in [2.24, 2.45) is 0 Å². The second kappa shape index (κ2) is 5.93. The van der Waals surface area contributed by atoms with Crippen molar-refractivity contribution in [3.63, 3.8) is 0 Å². The normalized spacial score (nSPS) is 22.2. The van der Waals surface area contributed by atoms with E-state index in [1.165, 1.54) is 0 Å². The molecular weight excluding hydrogens is 244 g/mol. The number of nitrogens with two attached hydrogens (primary N) is 1. The fourth-order valence-electron chi connectivity index (χ4n) is 2.23. The zero-order valence-corrected chi connectivity index (χ0v) is 11.3. The molecule has 0 saturated carbocycles. The van der Waals surface area contributed by atoms with Crippen molar-refractivity contribution in [3.05, 3.63) is 23.8 Å². The standard InChI is InChI=1S/C14H20N2O3/c1-3-18-12-6-4-5-10(15)13(12)14(17)16-11-7-8-19-9(11)2/h4-6,9,11H,3,7-8,15H2,1-2H3,(H,16,17). The highest BCUT2D eigenvalue weighted by atomic mass is 16.5. The van der Waals surface area contributed by atoms with Crippen LogP contribution in [0.3, 0.4) is 0 Å². The Balaban J connectivity index is 2.18. The van der Waals surface area contributed by atoms with E-state index in [2.05, 4.69) is 5.32 Å². The Kier molecular flexibility index (Phi) is 4.27. The Bertz CT molecular complexity index is 462. The van der Waals surface area contributed by atoms with Gasteiger partial charge in [0.2, 0.25) is 0 Å². The first-order valence-electron chi connectivity index (χ1n) is 6.57. The molecule has 0 spiro atoms. The highest BCUT2D eigenvalue weighted by Crippen LogP contribution is 2.25.